The van der Waals surface area contributed by atoms with Crippen molar-refractivity contribution in [3.05, 3.63) is 52.5 Å². The van der Waals surface area contributed by atoms with Crippen molar-refractivity contribution in [1.82, 2.24) is 24.3 Å². The minimum absolute atomic E-state index is 0.0907. The molecule has 0 bridgehead atoms. The molecular formula is C29H34BrN5O3. The SMILES string of the molecule is CCn1c(-c2nc3cc(C(=O)N4CCC[C@@H](OC(=O)NC(C)(C)C)C4)cc(Br)c3n2C)cc2ccccc21. The van der Waals surface area contributed by atoms with Gasteiger partial charge in [-0.2, -0.15) is 0 Å². The summed E-state index contributed by atoms with van der Waals surface area (Å²) >= 11 is 3.70. The number of carbonyl (C=O) groups excluding carboxylic acids is 2. The minimum atomic E-state index is -0.452. The lowest BCUT2D eigenvalue weighted by Crippen LogP contribution is -2.47. The van der Waals surface area contributed by atoms with E-state index in [1.165, 1.54) is 10.9 Å². The van der Waals surface area contributed by atoms with E-state index in [9.17, 15) is 9.59 Å². The van der Waals surface area contributed by atoms with E-state index >= 15 is 0 Å². The molecule has 3 heterocycles. The number of likely N-dealkylation sites (tertiary alicyclic amines) is 1. The molecule has 1 atom stereocenters. The summed E-state index contributed by atoms with van der Waals surface area (Å²) in [6, 6.07) is 14.2. The molecule has 9 heteroatoms. The van der Waals surface area contributed by atoms with Crippen molar-refractivity contribution in [2.24, 2.45) is 7.05 Å². The summed E-state index contributed by atoms with van der Waals surface area (Å²) in [5, 5.41) is 3.99. The number of ether oxygens (including phenoxy) is 1. The Balaban J connectivity index is 1.43. The Labute approximate surface area is 231 Å². The third-order valence-corrected chi connectivity index (χ3v) is 7.55. The molecule has 1 aliphatic heterocycles. The van der Waals surface area contributed by atoms with Crippen LogP contribution in [0, 0.1) is 0 Å². The number of carbonyl (C=O) groups is 2. The number of nitrogens with one attached hydrogen (secondary N) is 1. The van der Waals surface area contributed by atoms with E-state index < -0.39 is 6.09 Å². The van der Waals surface area contributed by atoms with Gasteiger partial charge in [0.25, 0.3) is 5.91 Å². The summed E-state index contributed by atoms with van der Waals surface area (Å²) in [6.45, 7) is 9.67. The average molecular weight is 581 g/mol. The highest BCUT2D eigenvalue weighted by Crippen LogP contribution is 2.33. The molecule has 1 saturated heterocycles. The third-order valence-electron chi connectivity index (χ3n) is 6.94. The number of rotatable bonds is 4. The van der Waals surface area contributed by atoms with Crippen LogP contribution in [0.25, 0.3) is 33.5 Å². The van der Waals surface area contributed by atoms with E-state index in [-0.39, 0.29) is 17.6 Å². The molecule has 2 amide bonds. The molecule has 0 radical (unpaired) electrons. The number of nitrogens with zero attached hydrogens (tertiary/aromatic N) is 4. The number of amides is 2. The van der Waals surface area contributed by atoms with Crippen molar-refractivity contribution in [3.63, 3.8) is 0 Å². The summed E-state index contributed by atoms with van der Waals surface area (Å²) in [5.41, 5.74) is 4.08. The second-order valence-corrected chi connectivity index (χ2v) is 11.8. The van der Waals surface area contributed by atoms with Crippen LogP contribution in [0.1, 0.15) is 50.9 Å². The lowest BCUT2D eigenvalue weighted by Gasteiger charge is -2.33. The fourth-order valence-electron chi connectivity index (χ4n) is 5.27. The largest absolute Gasteiger partial charge is 0.444 e. The topological polar surface area (TPSA) is 81.4 Å². The molecule has 2 aromatic heterocycles. The van der Waals surface area contributed by atoms with Crippen molar-refractivity contribution in [3.8, 4) is 11.5 Å². The van der Waals surface area contributed by atoms with Gasteiger partial charge in [-0.25, -0.2) is 9.78 Å². The fourth-order valence-corrected chi connectivity index (χ4v) is 5.99. The number of para-hydroxylation sites is 1. The Morgan fingerprint density at radius 2 is 1.95 bits per heavy atom. The summed E-state index contributed by atoms with van der Waals surface area (Å²) in [6.07, 6.45) is 0.725. The number of imidazole rings is 1. The zero-order valence-electron chi connectivity index (χ0n) is 22.5. The molecule has 1 aliphatic rings. The van der Waals surface area contributed by atoms with Crippen LogP contribution in [0.3, 0.4) is 0 Å². The Bertz CT molecular complexity index is 1530. The quantitative estimate of drug-likeness (QED) is 0.316. The Hall–Kier alpha value is -3.33. The van der Waals surface area contributed by atoms with Crippen LogP contribution in [-0.2, 0) is 18.3 Å². The molecular weight excluding hydrogens is 546 g/mol. The molecule has 2 aromatic carbocycles. The van der Waals surface area contributed by atoms with E-state index in [1.807, 2.05) is 46.0 Å². The fraction of sp³-hybridized carbons (Fsp3) is 0.414. The highest BCUT2D eigenvalue weighted by atomic mass is 79.9. The lowest BCUT2D eigenvalue weighted by atomic mass is 10.1. The van der Waals surface area contributed by atoms with Crippen LogP contribution in [0.2, 0.25) is 0 Å². The second-order valence-electron chi connectivity index (χ2n) is 10.9. The molecule has 0 aliphatic carbocycles. The Morgan fingerprint density at radius 1 is 1.18 bits per heavy atom. The molecule has 38 heavy (non-hydrogen) atoms. The van der Waals surface area contributed by atoms with Gasteiger partial charge in [-0.3, -0.25) is 4.79 Å². The lowest BCUT2D eigenvalue weighted by molar-refractivity contribution is 0.0323. The van der Waals surface area contributed by atoms with E-state index in [0.29, 0.717) is 18.7 Å². The van der Waals surface area contributed by atoms with Gasteiger partial charge in [-0.15, -0.1) is 0 Å². The number of halogens is 1. The van der Waals surface area contributed by atoms with Gasteiger partial charge < -0.3 is 24.1 Å². The standard InChI is InChI=1S/C29H34BrN5O3/c1-6-35-23-12-8-7-10-18(23)16-24(35)26-31-22-15-19(14-21(30)25(22)33(26)5)27(36)34-13-9-11-20(17-34)38-28(37)32-29(2,3)4/h7-8,10,12,14-16,20H,6,9,11,13,17H2,1-5H3,(H,32,37)/t20-/m1/s1. The maximum absolute atomic E-state index is 13.5. The Kier molecular flexibility index (Phi) is 6.98. The highest BCUT2D eigenvalue weighted by Gasteiger charge is 2.29. The molecule has 1 fully saturated rings. The maximum Gasteiger partial charge on any atom is 0.407 e. The number of fused-ring (bicyclic) bond motifs is 2. The number of hydrogen-bond acceptors (Lipinski definition) is 4. The van der Waals surface area contributed by atoms with Gasteiger partial charge in [0, 0.05) is 46.6 Å². The molecule has 0 unspecified atom stereocenters. The molecule has 5 rings (SSSR count). The van der Waals surface area contributed by atoms with Crippen molar-refractivity contribution in [2.75, 3.05) is 13.1 Å². The van der Waals surface area contributed by atoms with Gasteiger partial charge in [0.2, 0.25) is 0 Å². The van der Waals surface area contributed by atoms with E-state index in [2.05, 4.69) is 61.6 Å². The number of benzene rings is 2. The van der Waals surface area contributed by atoms with Gasteiger partial charge in [0.15, 0.2) is 5.82 Å². The van der Waals surface area contributed by atoms with Gasteiger partial charge >= 0.3 is 6.09 Å². The maximum atomic E-state index is 13.5. The van der Waals surface area contributed by atoms with E-state index in [1.54, 1.807) is 4.90 Å². The molecule has 0 spiro atoms. The number of aromatic nitrogens is 3. The van der Waals surface area contributed by atoms with Crippen LogP contribution in [0.5, 0.6) is 0 Å². The monoisotopic (exact) mass is 579 g/mol. The van der Waals surface area contributed by atoms with Crippen molar-refractivity contribution in [2.45, 2.75) is 58.7 Å². The predicted octanol–water partition coefficient (Wildman–Crippen LogP) is 6.11. The van der Waals surface area contributed by atoms with Crippen molar-refractivity contribution in [1.29, 1.82) is 0 Å². The number of aryl methyl sites for hydroxylation is 2. The highest BCUT2D eigenvalue weighted by molar-refractivity contribution is 9.10. The van der Waals surface area contributed by atoms with Crippen molar-refractivity contribution < 1.29 is 14.3 Å². The first-order valence-corrected chi connectivity index (χ1v) is 13.9. The Morgan fingerprint density at radius 3 is 2.68 bits per heavy atom. The number of hydrogen-bond donors (Lipinski definition) is 1. The summed E-state index contributed by atoms with van der Waals surface area (Å²) in [7, 11) is 2.00. The first kappa shape index (κ1) is 26.3. The molecule has 0 saturated carbocycles. The molecule has 4 aromatic rings. The summed E-state index contributed by atoms with van der Waals surface area (Å²) in [5.74, 6) is 0.756. The normalized spacial score (nSPS) is 16.3. The molecule has 200 valence electrons. The molecule has 8 nitrogen and oxygen atoms in total. The predicted molar refractivity (Wildman–Crippen MR) is 153 cm³/mol. The second kappa shape index (κ2) is 10.1. The van der Waals surface area contributed by atoms with E-state index in [0.717, 1.165) is 46.4 Å². The number of alkyl carbamates (subject to hydrolysis) is 1. The first-order chi connectivity index (χ1) is 18.1. The van der Waals surface area contributed by atoms with Gasteiger partial charge in [0.05, 0.1) is 23.3 Å². The van der Waals surface area contributed by atoms with Gasteiger partial charge in [-0.1, -0.05) is 18.2 Å². The van der Waals surface area contributed by atoms with Crippen molar-refractivity contribution >= 4 is 49.9 Å². The third kappa shape index (κ3) is 5.04. The van der Waals surface area contributed by atoms with Crippen LogP contribution in [-0.4, -0.2) is 55.8 Å². The van der Waals surface area contributed by atoms with Crippen LogP contribution < -0.4 is 5.32 Å². The average Bonchev–Trinajstić information content (AvgIpc) is 3.39. The van der Waals surface area contributed by atoms with Gasteiger partial charge in [-0.05, 0) is 80.7 Å². The van der Waals surface area contributed by atoms with Crippen LogP contribution in [0.4, 0.5) is 4.79 Å². The minimum Gasteiger partial charge on any atom is -0.444 e. The number of piperidine rings is 1. The smallest absolute Gasteiger partial charge is 0.407 e. The zero-order chi connectivity index (χ0) is 27.2. The van der Waals surface area contributed by atoms with Gasteiger partial charge in [0.1, 0.15) is 6.10 Å². The van der Waals surface area contributed by atoms with Crippen LogP contribution in [0.15, 0.2) is 46.9 Å². The summed E-state index contributed by atoms with van der Waals surface area (Å²) < 4.78 is 10.8. The zero-order valence-corrected chi connectivity index (χ0v) is 24.1. The molecule has 1 N–H and O–H groups in total. The first-order valence-electron chi connectivity index (χ1n) is 13.1. The van der Waals surface area contributed by atoms with Crippen LogP contribution >= 0.6 is 15.9 Å². The van der Waals surface area contributed by atoms with E-state index in [4.69, 9.17) is 9.72 Å². The summed E-state index contributed by atoms with van der Waals surface area (Å²) in [4.78, 5) is 32.6.